The normalized spacial score (nSPS) is 22.0. The van der Waals surface area contributed by atoms with E-state index in [9.17, 15) is 14.4 Å². The summed E-state index contributed by atoms with van der Waals surface area (Å²) in [4.78, 5) is 38.4. The number of urea groups is 1. The maximum atomic E-state index is 12.8. The van der Waals surface area contributed by atoms with Gasteiger partial charge in [0.05, 0.1) is 0 Å². The molecule has 0 radical (unpaired) electrons. The minimum atomic E-state index is -0.665. The summed E-state index contributed by atoms with van der Waals surface area (Å²) in [5.74, 6) is 0.0192. The van der Waals surface area contributed by atoms with E-state index in [1.54, 1.807) is 12.1 Å². The van der Waals surface area contributed by atoms with Crippen molar-refractivity contribution in [1.29, 1.82) is 0 Å². The maximum absolute atomic E-state index is 12.8. The molecule has 1 saturated heterocycles. The first kappa shape index (κ1) is 15.7. The molecule has 2 fully saturated rings. The van der Waals surface area contributed by atoms with Crippen LogP contribution in [0.5, 0.6) is 11.5 Å². The van der Waals surface area contributed by atoms with Crippen LogP contribution in [-0.4, -0.2) is 35.6 Å². The van der Waals surface area contributed by atoms with Crippen molar-refractivity contribution >= 4 is 23.9 Å². The molecule has 0 spiro atoms. The van der Waals surface area contributed by atoms with Crippen molar-refractivity contribution in [3.63, 3.8) is 0 Å². The molecule has 1 aromatic carbocycles. The van der Waals surface area contributed by atoms with Gasteiger partial charge in [-0.15, -0.1) is 0 Å². The van der Waals surface area contributed by atoms with Gasteiger partial charge in [0.1, 0.15) is 5.57 Å². The van der Waals surface area contributed by atoms with E-state index in [0.717, 1.165) is 31.2 Å². The predicted octanol–water partition coefficient (Wildman–Crippen LogP) is 2.13. The molecule has 1 aliphatic carbocycles. The molecule has 2 heterocycles. The van der Waals surface area contributed by atoms with Crippen LogP contribution in [0.3, 0.4) is 0 Å². The van der Waals surface area contributed by atoms with Gasteiger partial charge in [-0.2, -0.15) is 0 Å². The largest absolute Gasteiger partial charge is 0.454 e. The van der Waals surface area contributed by atoms with Gasteiger partial charge in [0, 0.05) is 6.04 Å². The Morgan fingerprint density at radius 3 is 2.52 bits per heavy atom. The fourth-order valence-corrected chi connectivity index (χ4v) is 3.54. The lowest BCUT2D eigenvalue weighted by Crippen LogP contribution is -2.57. The zero-order chi connectivity index (χ0) is 17.6. The van der Waals surface area contributed by atoms with Crippen molar-refractivity contribution in [2.45, 2.75) is 38.6 Å². The second-order valence-corrected chi connectivity index (χ2v) is 6.49. The minimum absolute atomic E-state index is 0.0338. The lowest BCUT2D eigenvalue weighted by atomic mass is 10.0. The molecule has 130 valence electrons. The molecule has 0 bridgehead atoms. The van der Waals surface area contributed by atoms with E-state index >= 15 is 0 Å². The second-order valence-electron chi connectivity index (χ2n) is 6.49. The highest BCUT2D eigenvalue weighted by Gasteiger charge is 2.40. The molecule has 0 aromatic heterocycles. The third-order valence-electron chi connectivity index (χ3n) is 4.88. The van der Waals surface area contributed by atoms with Gasteiger partial charge in [0.15, 0.2) is 11.5 Å². The van der Waals surface area contributed by atoms with E-state index in [1.165, 1.54) is 11.0 Å². The zero-order valence-corrected chi connectivity index (χ0v) is 13.8. The Morgan fingerprint density at radius 1 is 1.12 bits per heavy atom. The Kier molecular flexibility index (Phi) is 3.71. The van der Waals surface area contributed by atoms with E-state index in [0.29, 0.717) is 17.1 Å². The fourth-order valence-electron chi connectivity index (χ4n) is 3.54. The topological polar surface area (TPSA) is 84.9 Å². The Hall–Kier alpha value is -2.83. The molecular weight excluding hydrogens is 324 g/mol. The van der Waals surface area contributed by atoms with Gasteiger partial charge in [-0.25, -0.2) is 4.79 Å². The molecule has 0 atom stereocenters. The first-order valence-corrected chi connectivity index (χ1v) is 8.35. The summed E-state index contributed by atoms with van der Waals surface area (Å²) in [5.41, 5.74) is 1.50. The molecule has 2 aliphatic heterocycles. The van der Waals surface area contributed by atoms with Crippen LogP contribution in [0, 0.1) is 6.92 Å². The quantitative estimate of drug-likeness (QED) is 0.657. The van der Waals surface area contributed by atoms with Crippen molar-refractivity contribution < 1.29 is 23.9 Å². The van der Waals surface area contributed by atoms with Gasteiger partial charge in [-0.05, 0) is 49.1 Å². The fraction of sp³-hybridized carbons (Fsp3) is 0.389. The van der Waals surface area contributed by atoms with E-state index < -0.39 is 17.8 Å². The number of aryl methyl sites for hydroxylation is 1. The van der Waals surface area contributed by atoms with Crippen molar-refractivity contribution in [2.24, 2.45) is 0 Å². The molecular formula is C18H18N2O5. The molecule has 4 rings (SSSR count). The van der Waals surface area contributed by atoms with Crippen LogP contribution < -0.4 is 14.8 Å². The van der Waals surface area contributed by atoms with Gasteiger partial charge in [-0.3, -0.25) is 19.8 Å². The number of nitrogens with one attached hydrogen (secondary N) is 1. The van der Waals surface area contributed by atoms with Crippen LogP contribution in [0.15, 0.2) is 17.7 Å². The van der Waals surface area contributed by atoms with Crippen LogP contribution in [-0.2, 0) is 9.59 Å². The number of hydrogen-bond acceptors (Lipinski definition) is 5. The average Bonchev–Trinajstić information content (AvgIpc) is 3.22. The van der Waals surface area contributed by atoms with Gasteiger partial charge in [0.25, 0.3) is 11.8 Å². The summed E-state index contributed by atoms with van der Waals surface area (Å²) in [6.07, 6.45) is 5.04. The molecule has 4 amide bonds. The lowest BCUT2D eigenvalue weighted by molar-refractivity contribution is -0.131. The number of carbonyl (C=O) groups excluding carboxylic acids is 3. The van der Waals surface area contributed by atoms with Crippen LogP contribution in [0.4, 0.5) is 4.79 Å². The number of nitrogens with zero attached hydrogens (tertiary/aromatic N) is 1. The summed E-state index contributed by atoms with van der Waals surface area (Å²) >= 11 is 0. The number of imide groups is 2. The SMILES string of the molecule is Cc1cc2c(cc1/C=C1\C(=O)NC(=O)N(C3CCCC3)C1=O)OCO2. The van der Waals surface area contributed by atoms with Gasteiger partial charge in [-0.1, -0.05) is 12.8 Å². The Balaban J connectivity index is 1.70. The Bertz CT molecular complexity index is 808. The predicted molar refractivity (Wildman–Crippen MR) is 87.9 cm³/mol. The van der Waals surface area contributed by atoms with Crippen LogP contribution in [0.1, 0.15) is 36.8 Å². The third-order valence-corrected chi connectivity index (χ3v) is 4.88. The van der Waals surface area contributed by atoms with E-state index in [-0.39, 0.29) is 18.4 Å². The highest BCUT2D eigenvalue weighted by Crippen LogP contribution is 2.35. The van der Waals surface area contributed by atoms with E-state index in [4.69, 9.17) is 9.47 Å². The van der Waals surface area contributed by atoms with E-state index in [2.05, 4.69) is 5.32 Å². The highest BCUT2D eigenvalue weighted by molar-refractivity contribution is 6.31. The minimum Gasteiger partial charge on any atom is -0.454 e. The summed E-state index contributed by atoms with van der Waals surface area (Å²) in [6.45, 7) is 2.01. The number of fused-ring (bicyclic) bond motifs is 1. The third kappa shape index (κ3) is 2.65. The number of ether oxygens (including phenoxy) is 2. The van der Waals surface area contributed by atoms with Crippen LogP contribution in [0.2, 0.25) is 0 Å². The van der Waals surface area contributed by atoms with Gasteiger partial charge in [0.2, 0.25) is 6.79 Å². The maximum Gasteiger partial charge on any atom is 0.331 e. The molecule has 1 saturated carbocycles. The summed E-state index contributed by atoms with van der Waals surface area (Å²) in [5, 5.41) is 2.28. The summed E-state index contributed by atoms with van der Waals surface area (Å²) in [7, 11) is 0. The number of rotatable bonds is 2. The van der Waals surface area contributed by atoms with E-state index in [1.807, 2.05) is 6.92 Å². The smallest absolute Gasteiger partial charge is 0.331 e. The zero-order valence-electron chi connectivity index (χ0n) is 13.8. The molecule has 25 heavy (non-hydrogen) atoms. The molecule has 1 aromatic rings. The van der Waals surface area contributed by atoms with Crippen LogP contribution in [0.25, 0.3) is 6.08 Å². The first-order valence-electron chi connectivity index (χ1n) is 8.35. The summed E-state index contributed by atoms with van der Waals surface area (Å²) < 4.78 is 10.7. The standard InChI is InChI=1S/C18H18N2O5/c1-10-6-14-15(25-9-24-14)8-11(10)7-13-16(21)19-18(23)20(17(13)22)12-4-2-3-5-12/h6-8,12H,2-5,9H2,1H3,(H,19,21,23)/b13-7+. The van der Waals surface area contributed by atoms with Crippen molar-refractivity contribution in [1.82, 2.24) is 10.2 Å². The molecule has 1 N–H and O–H groups in total. The number of carbonyl (C=O) groups is 3. The average molecular weight is 342 g/mol. The number of barbiturate groups is 1. The number of benzene rings is 1. The number of hydrogen-bond donors (Lipinski definition) is 1. The van der Waals surface area contributed by atoms with Gasteiger partial charge >= 0.3 is 6.03 Å². The molecule has 3 aliphatic rings. The number of amides is 4. The molecule has 0 unspecified atom stereocenters. The van der Waals surface area contributed by atoms with Crippen molar-refractivity contribution in [2.75, 3.05) is 6.79 Å². The molecule has 7 nitrogen and oxygen atoms in total. The highest BCUT2D eigenvalue weighted by atomic mass is 16.7. The Labute approximate surface area is 144 Å². The summed E-state index contributed by atoms with van der Waals surface area (Å²) in [6, 6.07) is 2.78. The van der Waals surface area contributed by atoms with Crippen LogP contribution >= 0.6 is 0 Å². The monoisotopic (exact) mass is 342 g/mol. The lowest BCUT2D eigenvalue weighted by Gasteiger charge is -2.31. The second kappa shape index (κ2) is 5.91. The first-order chi connectivity index (χ1) is 12.0. The molecule has 7 heteroatoms. The Morgan fingerprint density at radius 2 is 1.80 bits per heavy atom. The van der Waals surface area contributed by atoms with Crippen molar-refractivity contribution in [3.05, 3.63) is 28.8 Å². The van der Waals surface area contributed by atoms with Crippen molar-refractivity contribution in [3.8, 4) is 11.5 Å². The van der Waals surface area contributed by atoms with Gasteiger partial charge < -0.3 is 9.47 Å².